The van der Waals surface area contributed by atoms with Gasteiger partial charge in [0, 0.05) is 31.1 Å². The molecule has 9 nitrogen and oxygen atoms in total. The molecule has 2 saturated heterocycles. The normalized spacial score (nSPS) is 23.6. The van der Waals surface area contributed by atoms with E-state index in [0.717, 1.165) is 32.0 Å². The van der Waals surface area contributed by atoms with E-state index in [1.807, 2.05) is 4.90 Å². The van der Waals surface area contributed by atoms with Gasteiger partial charge in [-0.1, -0.05) is 11.6 Å². The van der Waals surface area contributed by atoms with Crippen LogP contribution in [0.4, 0.5) is 14.9 Å². The summed E-state index contributed by atoms with van der Waals surface area (Å²) in [5.74, 6) is -0.657. The van der Waals surface area contributed by atoms with Crippen LogP contribution in [0.2, 0.25) is 5.02 Å². The molecule has 30 heavy (non-hydrogen) atoms. The van der Waals surface area contributed by atoms with Gasteiger partial charge in [0.05, 0.1) is 21.6 Å². The Morgan fingerprint density at radius 2 is 2.10 bits per heavy atom. The first kappa shape index (κ1) is 19.4. The highest BCUT2D eigenvalue weighted by Crippen LogP contribution is 2.44. The van der Waals surface area contributed by atoms with Crippen LogP contribution in [0.3, 0.4) is 0 Å². The molecular weight excluding hydrogens is 417 g/mol. The molecule has 3 heterocycles. The Bertz CT molecular complexity index is 1180. The molecule has 1 spiro atoms. The van der Waals surface area contributed by atoms with Gasteiger partial charge in [0.2, 0.25) is 0 Å². The summed E-state index contributed by atoms with van der Waals surface area (Å²) < 4.78 is 16.9. The summed E-state index contributed by atoms with van der Waals surface area (Å²) in [7, 11) is 0. The van der Waals surface area contributed by atoms with E-state index in [2.05, 4.69) is 5.32 Å². The standard InChI is InChI=1S/C19H21ClFN5O4/c20-13-14-11(16(27)26(23-17(28)29)18(30)25(14)10-1-2-10)7-12(21)15(13)24-6-4-19(9-24)3-5-22-8-19/h7,10,22-23H,1-6,8-9H2,(H,28,29). The minimum atomic E-state index is -1.56. The highest BCUT2D eigenvalue weighted by Gasteiger charge is 2.42. The molecule has 1 aromatic carbocycles. The fraction of sp³-hybridized carbons (Fsp3) is 0.526. The number of amides is 1. The molecule has 3 aliphatic rings. The number of hydrogen-bond donors (Lipinski definition) is 3. The number of carbonyl (C=O) groups is 1. The van der Waals surface area contributed by atoms with Gasteiger partial charge in [0.25, 0.3) is 5.56 Å². The number of benzene rings is 1. The molecule has 3 fully saturated rings. The second-order valence-corrected chi connectivity index (χ2v) is 8.83. The Kier molecular flexibility index (Phi) is 4.33. The van der Waals surface area contributed by atoms with Gasteiger partial charge < -0.3 is 15.3 Å². The predicted octanol–water partition coefficient (Wildman–Crippen LogP) is 1.70. The van der Waals surface area contributed by atoms with E-state index >= 15 is 4.39 Å². The van der Waals surface area contributed by atoms with E-state index in [1.165, 1.54) is 4.57 Å². The van der Waals surface area contributed by atoms with Gasteiger partial charge in [0.1, 0.15) is 5.82 Å². The summed E-state index contributed by atoms with van der Waals surface area (Å²) in [6, 6.07) is 0.858. The SMILES string of the molecule is O=C(O)Nn1c(=O)c2cc(F)c(N3CCC4(CCNC4)C3)c(Cl)c2n(C2CC2)c1=O. The number of hydrogen-bond acceptors (Lipinski definition) is 5. The van der Waals surface area contributed by atoms with Crippen molar-refractivity contribution < 1.29 is 14.3 Å². The van der Waals surface area contributed by atoms with Crippen LogP contribution >= 0.6 is 11.6 Å². The topological polar surface area (TPSA) is 109 Å². The Hall–Kier alpha value is -2.59. The zero-order valence-electron chi connectivity index (χ0n) is 16.1. The number of nitrogens with one attached hydrogen (secondary N) is 2. The summed E-state index contributed by atoms with van der Waals surface area (Å²) >= 11 is 6.66. The molecule has 1 saturated carbocycles. The average Bonchev–Trinajstić information content (AvgIpc) is 3.29. The van der Waals surface area contributed by atoms with Crippen molar-refractivity contribution in [1.82, 2.24) is 14.6 Å². The third kappa shape index (κ3) is 2.89. The highest BCUT2D eigenvalue weighted by atomic mass is 35.5. The van der Waals surface area contributed by atoms with Crippen LogP contribution in [0.25, 0.3) is 10.9 Å². The smallest absolute Gasteiger partial charge is 0.424 e. The zero-order valence-corrected chi connectivity index (χ0v) is 16.8. The maximum absolute atomic E-state index is 15.2. The molecule has 11 heteroatoms. The van der Waals surface area contributed by atoms with Gasteiger partial charge in [0.15, 0.2) is 0 Å². The fourth-order valence-electron chi connectivity index (χ4n) is 4.83. The number of fused-ring (bicyclic) bond motifs is 1. The van der Waals surface area contributed by atoms with Gasteiger partial charge in [-0.2, -0.15) is 4.68 Å². The molecule has 5 rings (SSSR count). The second kappa shape index (κ2) is 6.71. The molecule has 1 unspecified atom stereocenters. The lowest BCUT2D eigenvalue weighted by atomic mass is 9.86. The molecule has 1 amide bonds. The molecular formula is C19H21ClFN5O4. The van der Waals surface area contributed by atoms with E-state index in [0.29, 0.717) is 30.6 Å². The first-order valence-electron chi connectivity index (χ1n) is 9.96. The summed E-state index contributed by atoms with van der Waals surface area (Å²) in [5, 5.41) is 12.3. The highest BCUT2D eigenvalue weighted by molar-refractivity contribution is 6.38. The van der Waals surface area contributed by atoms with Crippen LogP contribution in [0.15, 0.2) is 15.7 Å². The van der Waals surface area contributed by atoms with E-state index in [1.54, 1.807) is 5.43 Å². The van der Waals surface area contributed by atoms with Crippen LogP contribution in [0.5, 0.6) is 0 Å². The molecule has 3 N–H and O–H groups in total. The van der Waals surface area contributed by atoms with Crippen molar-refractivity contribution in [3.63, 3.8) is 0 Å². The van der Waals surface area contributed by atoms with E-state index in [9.17, 15) is 14.4 Å². The lowest BCUT2D eigenvalue weighted by Crippen LogP contribution is -2.46. The van der Waals surface area contributed by atoms with Crippen molar-refractivity contribution in [1.29, 1.82) is 0 Å². The summed E-state index contributed by atoms with van der Waals surface area (Å²) in [6.07, 6.45) is 1.75. The molecule has 160 valence electrons. The quantitative estimate of drug-likeness (QED) is 0.674. The van der Waals surface area contributed by atoms with Crippen molar-refractivity contribution in [2.45, 2.75) is 31.7 Å². The lowest BCUT2D eigenvalue weighted by molar-refractivity contribution is 0.205. The van der Waals surface area contributed by atoms with Crippen LogP contribution in [-0.4, -0.2) is 46.6 Å². The third-order valence-corrected chi connectivity index (χ3v) is 6.80. The van der Waals surface area contributed by atoms with Crippen molar-refractivity contribution >= 4 is 34.3 Å². The number of anilines is 1. The minimum absolute atomic E-state index is 0.0246. The van der Waals surface area contributed by atoms with Crippen LogP contribution in [0.1, 0.15) is 31.7 Å². The third-order valence-electron chi connectivity index (χ3n) is 6.45. The number of rotatable bonds is 3. The lowest BCUT2D eigenvalue weighted by Gasteiger charge is -2.26. The number of carboxylic acid groups (broad SMARTS) is 1. The van der Waals surface area contributed by atoms with Gasteiger partial charge in [-0.3, -0.25) is 9.36 Å². The van der Waals surface area contributed by atoms with Crippen LogP contribution in [-0.2, 0) is 0 Å². The second-order valence-electron chi connectivity index (χ2n) is 8.46. The molecule has 2 aliphatic heterocycles. The first-order chi connectivity index (χ1) is 14.3. The van der Waals surface area contributed by atoms with Crippen LogP contribution < -0.4 is 26.9 Å². The fourth-order valence-corrected chi connectivity index (χ4v) is 5.24. The molecule has 0 bridgehead atoms. The van der Waals surface area contributed by atoms with Crippen molar-refractivity contribution in [2.75, 3.05) is 36.5 Å². The molecule has 1 aliphatic carbocycles. The zero-order chi connectivity index (χ0) is 21.2. The number of aromatic nitrogens is 2. The average molecular weight is 438 g/mol. The maximum Gasteiger partial charge on any atom is 0.424 e. The van der Waals surface area contributed by atoms with Crippen molar-refractivity contribution in [2.24, 2.45) is 5.41 Å². The van der Waals surface area contributed by atoms with Crippen LogP contribution in [0, 0.1) is 11.2 Å². The van der Waals surface area contributed by atoms with Crippen molar-refractivity contribution in [3.8, 4) is 0 Å². The predicted molar refractivity (Wildman–Crippen MR) is 110 cm³/mol. The number of halogens is 2. The van der Waals surface area contributed by atoms with Gasteiger partial charge in [-0.15, -0.1) is 0 Å². The van der Waals surface area contributed by atoms with E-state index in [-0.39, 0.29) is 33.1 Å². The molecule has 2 aromatic rings. The Labute approximate surface area is 175 Å². The monoisotopic (exact) mass is 437 g/mol. The van der Waals surface area contributed by atoms with E-state index < -0.39 is 23.2 Å². The first-order valence-corrected chi connectivity index (χ1v) is 10.3. The number of nitrogens with zero attached hydrogens (tertiary/aromatic N) is 3. The minimum Gasteiger partial charge on any atom is -0.464 e. The van der Waals surface area contributed by atoms with Gasteiger partial charge in [-0.05, 0) is 38.3 Å². The van der Waals surface area contributed by atoms with Gasteiger partial charge in [-0.25, -0.2) is 19.4 Å². The van der Waals surface area contributed by atoms with Crippen molar-refractivity contribution in [3.05, 3.63) is 37.7 Å². The van der Waals surface area contributed by atoms with E-state index in [4.69, 9.17) is 16.7 Å². The largest absolute Gasteiger partial charge is 0.464 e. The Morgan fingerprint density at radius 1 is 1.33 bits per heavy atom. The maximum atomic E-state index is 15.2. The molecule has 1 aromatic heterocycles. The molecule has 0 radical (unpaired) electrons. The van der Waals surface area contributed by atoms with Gasteiger partial charge >= 0.3 is 11.8 Å². The summed E-state index contributed by atoms with van der Waals surface area (Å²) in [5.41, 5.74) is 0.478. The molecule has 1 atom stereocenters. The Morgan fingerprint density at radius 3 is 2.73 bits per heavy atom. The summed E-state index contributed by atoms with van der Waals surface area (Å²) in [4.78, 5) is 38.7. The summed E-state index contributed by atoms with van der Waals surface area (Å²) in [6.45, 7) is 3.08. The Balaban J connectivity index is 1.72.